The Balaban J connectivity index is 1.89. The molecule has 23 heavy (non-hydrogen) atoms. The molecule has 0 atom stereocenters. The molecule has 0 bridgehead atoms. The number of hydrogen-bond acceptors (Lipinski definition) is 5. The largest absolute Gasteiger partial charge is 0.507 e. The molecule has 5 nitrogen and oxygen atoms in total. The average molecular weight is 310 g/mol. The Kier molecular flexibility index (Phi) is 3.85. The first kappa shape index (κ1) is 14.8. The van der Waals surface area contributed by atoms with Gasteiger partial charge in [0.2, 0.25) is 0 Å². The van der Waals surface area contributed by atoms with Gasteiger partial charge >= 0.3 is 5.63 Å². The third kappa shape index (κ3) is 2.81. The first-order valence-corrected chi connectivity index (χ1v) is 7.13. The van der Waals surface area contributed by atoms with E-state index in [-0.39, 0.29) is 41.3 Å². The van der Waals surface area contributed by atoms with Crippen molar-refractivity contribution in [1.29, 1.82) is 0 Å². The van der Waals surface area contributed by atoms with E-state index < -0.39 is 5.63 Å². The zero-order valence-electron chi connectivity index (χ0n) is 12.2. The van der Waals surface area contributed by atoms with E-state index in [1.54, 1.807) is 36.4 Å². The van der Waals surface area contributed by atoms with Gasteiger partial charge in [-0.3, -0.25) is 4.79 Å². The van der Waals surface area contributed by atoms with Gasteiger partial charge in [0.15, 0.2) is 5.78 Å². The number of hydrogen-bond donors (Lipinski definition) is 2. The first-order valence-electron chi connectivity index (χ1n) is 7.13. The minimum Gasteiger partial charge on any atom is -0.507 e. The number of fused-ring (bicyclic) bond motifs is 1. The summed E-state index contributed by atoms with van der Waals surface area (Å²) >= 11 is 0. The molecule has 0 spiro atoms. The van der Waals surface area contributed by atoms with Gasteiger partial charge in [-0.1, -0.05) is 24.3 Å². The van der Waals surface area contributed by atoms with Gasteiger partial charge in [-0.05, 0) is 30.7 Å². The van der Waals surface area contributed by atoms with Crippen LogP contribution in [0.2, 0.25) is 0 Å². The van der Waals surface area contributed by atoms with Gasteiger partial charge in [0, 0.05) is 6.42 Å². The molecule has 0 fully saturated rings. The number of rotatable bonds is 4. The Morgan fingerprint density at radius 2 is 1.70 bits per heavy atom. The van der Waals surface area contributed by atoms with Crippen molar-refractivity contribution in [2.45, 2.75) is 12.8 Å². The molecule has 3 aromatic rings. The topological polar surface area (TPSA) is 87.7 Å². The van der Waals surface area contributed by atoms with Crippen molar-refractivity contribution in [3.63, 3.8) is 0 Å². The van der Waals surface area contributed by atoms with E-state index in [2.05, 4.69) is 0 Å². The number of para-hydroxylation sites is 2. The van der Waals surface area contributed by atoms with Crippen molar-refractivity contribution >= 4 is 16.8 Å². The van der Waals surface area contributed by atoms with Crippen LogP contribution >= 0.6 is 0 Å². The van der Waals surface area contributed by atoms with E-state index in [4.69, 9.17) is 4.42 Å². The number of carbonyl (C=O) groups is 1. The first-order chi connectivity index (χ1) is 11.1. The lowest BCUT2D eigenvalue weighted by Crippen LogP contribution is -2.10. The lowest BCUT2D eigenvalue weighted by molar-refractivity contribution is 0.0980. The molecule has 0 aliphatic heterocycles. The van der Waals surface area contributed by atoms with Crippen LogP contribution in [0.15, 0.2) is 57.7 Å². The van der Waals surface area contributed by atoms with Gasteiger partial charge in [-0.2, -0.15) is 0 Å². The van der Waals surface area contributed by atoms with Gasteiger partial charge in [0.05, 0.1) is 16.5 Å². The van der Waals surface area contributed by atoms with Crippen LogP contribution in [0.3, 0.4) is 0 Å². The number of ketones is 1. The Bertz CT molecular complexity index is 940. The average Bonchev–Trinajstić information content (AvgIpc) is 2.55. The summed E-state index contributed by atoms with van der Waals surface area (Å²) in [7, 11) is 0. The van der Waals surface area contributed by atoms with Crippen LogP contribution in [0.1, 0.15) is 22.3 Å². The predicted molar refractivity (Wildman–Crippen MR) is 84.9 cm³/mol. The van der Waals surface area contributed by atoms with Crippen molar-refractivity contribution < 1.29 is 19.4 Å². The molecule has 0 aliphatic rings. The third-order valence-electron chi connectivity index (χ3n) is 3.68. The lowest BCUT2D eigenvalue weighted by Gasteiger charge is -2.06. The molecule has 0 amide bonds. The molecule has 0 aliphatic carbocycles. The van der Waals surface area contributed by atoms with Crippen molar-refractivity contribution in [3.8, 4) is 11.5 Å². The number of carbonyl (C=O) groups excluding carboxylic acids is 1. The second-order valence-electron chi connectivity index (χ2n) is 5.15. The maximum absolute atomic E-state index is 12.2. The van der Waals surface area contributed by atoms with Crippen LogP contribution in [-0.4, -0.2) is 16.0 Å². The SMILES string of the molecule is O=C(CCc1c(O)c2ccccc2oc1=O)c1ccccc1O. The molecule has 0 unspecified atom stereocenters. The van der Waals surface area contributed by atoms with E-state index in [0.717, 1.165) is 0 Å². The highest BCUT2D eigenvalue weighted by Crippen LogP contribution is 2.27. The fourth-order valence-corrected chi connectivity index (χ4v) is 2.48. The van der Waals surface area contributed by atoms with Crippen molar-refractivity contribution in [1.82, 2.24) is 0 Å². The minimum atomic E-state index is -0.661. The van der Waals surface area contributed by atoms with E-state index in [1.165, 1.54) is 12.1 Å². The molecule has 0 radical (unpaired) electrons. The lowest BCUT2D eigenvalue weighted by atomic mass is 10.0. The summed E-state index contributed by atoms with van der Waals surface area (Å²) in [5, 5.41) is 20.4. The van der Waals surface area contributed by atoms with E-state index in [0.29, 0.717) is 11.0 Å². The third-order valence-corrected chi connectivity index (χ3v) is 3.68. The second-order valence-corrected chi connectivity index (χ2v) is 5.15. The van der Waals surface area contributed by atoms with Crippen LogP contribution in [0.5, 0.6) is 11.5 Å². The molecular formula is C18H14O5. The molecule has 0 saturated heterocycles. The maximum atomic E-state index is 12.2. The van der Waals surface area contributed by atoms with E-state index in [9.17, 15) is 19.8 Å². The van der Waals surface area contributed by atoms with E-state index in [1.807, 2.05) is 0 Å². The minimum absolute atomic E-state index is 0.0196. The van der Waals surface area contributed by atoms with Gasteiger partial charge in [0.1, 0.15) is 17.1 Å². The van der Waals surface area contributed by atoms with Crippen LogP contribution in [-0.2, 0) is 6.42 Å². The summed E-state index contributed by atoms with van der Waals surface area (Å²) in [4.78, 5) is 24.1. The van der Waals surface area contributed by atoms with Gasteiger partial charge in [0.25, 0.3) is 0 Å². The Labute approximate surface area is 131 Å². The summed E-state index contributed by atoms with van der Waals surface area (Å²) in [5.41, 5.74) is -0.110. The van der Waals surface area contributed by atoms with Crippen molar-refractivity contribution in [2.24, 2.45) is 0 Å². The molecule has 0 saturated carbocycles. The zero-order valence-corrected chi connectivity index (χ0v) is 12.2. The van der Waals surface area contributed by atoms with Crippen LogP contribution in [0.4, 0.5) is 0 Å². The molecular weight excluding hydrogens is 296 g/mol. The molecule has 5 heteroatoms. The molecule has 2 N–H and O–H groups in total. The van der Waals surface area contributed by atoms with Gasteiger partial charge in [-0.15, -0.1) is 0 Å². The number of Topliss-reactive ketones (excluding diaryl/α,β-unsaturated/α-hetero) is 1. The summed E-state index contributed by atoms with van der Waals surface area (Å²) in [5.74, 6) is -0.579. The molecule has 1 aromatic heterocycles. The van der Waals surface area contributed by atoms with Crippen LogP contribution in [0, 0.1) is 0 Å². The second kappa shape index (κ2) is 5.96. The van der Waals surface area contributed by atoms with Crippen molar-refractivity contribution in [3.05, 3.63) is 70.1 Å². The summed E-state index contributed by atoms with van der Waals surface area (Å²) < 4.78 is 5.16. The monoisotopic (exact) mass is 310 g/mol. The molecule has 1 heterocycles. The van der Waals surface area contributed by atoms with Crippen molar-refractivity contribution in [2.75, 3.05) is 0 Å². The van der Waals surface area contributed by atoms with E-state index >= 15 is 0 Å². The highest BCUT2D eigenvalue weighted by atomic mass is 16.4. The molecule has 3 rings (SSSR count). The molecule has 2 aromatic carbocycles. The summed E-state index contributed by atoms with van der Waals surface area (Å²) in [6.45, 7) is 0. The fourth-order valence-electron chi connectivity index (χ4n) is 2.48. The summed E-state index contributed by atoms with van der Waals surface area (Å²) in [6.07, 6.45) is 0.0143. The number of phenols is 1. The number of aromatic hydroxyl groups is 2. The normalized spacial score (nSPS) is 10.8. The van der Waals surface area contributed by atoms with Gasteiger partial charge in [-0.25, -0.2) is 4.79 Å². The maximum Gasteiger partial charge on any atom is 0.343 e. The number of benzene rings is 2. The quantitative estimate of drug-likeness (QED) is 0.571. The highest BCUT2D eigenvalue weighted by molar-refractivity contribution is 5.98. The standard InChI is InChI=1S/C18H14O5/c19-14-7-3-1-5-11(14)15(20)10-9-13-17(21)12-6-2-4-8-16(12)23-18(13)22/h1-8,19,21H,9-10H2. The number of phenolic OH excluding ortho intramolecular Hbond substituents is 1. The summed E-state index contributed by atoms with van der Waals surface area (Å²) in [6, 6.07) is 12.9. The fraction of sp³-hybridized carbons (Fsp3) is 0.111. The molecule has 116 valence electrons. The van der Waals surface area contributed by atoms with Crippen LogP contribution < -0.4 is 5.63 Å². The smallest absolute Gasteiger partial charge is 0.343 e. The zero-order chi connectivity index (χ0) is 16.4. The Morgan fingerprint density at radius 3 is 2.48 bits per heavy atom. The highest BCUT2D eigenvalue weighted by Gasteiger charge is 2.16. The van der Waals surface area contributed by atoms with Gasteiger partial charge < -0.3 is 14.6 Å². The Hall–Kier alpha value is -3.08. The predicted octanol–water partition coefficient (Wildman–Crippen LogP) is 3.02. The van der Waals surface area contributed by atoms with Crippen LogP contribution in [0.25, 0.3) is 11.0 Å². The Morgan fingerprint density at radius 1 is 1.00 bits per heavy atom.